The van der Waals surface area contributed by atoms with Crippen molar-refractivity contribution < 1.29 is 43.2 Å². The Morgan fingerprint density at radius 2 is 1.32 bits per heavy atom. The molecule has 0 heterocycles. The van der Waals surface area contributed by atoms with E-state index in [9.17, 15) is 24.3 Å². The number of esters is 2. The number of hydrogen-bond donors (Lipinski definition) is 3. The van der Waals surface area contributed by atoms with Crippen LogP contribution in [0.1, 0.15) is 26.7 Å². The standard InChI is InChI=1S/C20H32N2O9/c1-13(2)19(26)30-9-5-7-28-11-15(21)17(23)22-16(18(24)25)12-29-8-6-10-31-20(27)14(3)4/h15-16H,1,3,5-12,21H2,2,4H3,(H,22,23)(H,24,25)/t15-,16?/m0/s1. The largest absolute Gasteiger partial charge is 0.480 e. The Hall–Kier alpha value is -2.76. The van der Waals surface area contributed by atoms with Gasteiger partial charge in [0.1, 0.15) is 6.04 Å². The van der Waals surface area contributed by atoms with E-state index in [1.807, 2.05) is 0 Å². The minimum absolute atomic E-state index is 0.102. The molecule has 0 aliphatic carbocycles. The van der Waals surface area contributed by atoms with Gasteiger partial charge in [-0.15, -0.1) is 0 Å². The minimum atomic E-state index is -1.29. The number of nitrogens with two attached hydrogens (primary N) is 1. The fourth-order valence-corrected chi connectivity index (χ4v) is 1.84. The van der Waals surface area contributed by atoms with Crippen molar-refractivity contribution in [3.63, 3.8) is 0 Å². The fraction of sp³-hybridized carbons (Fsp3) is 0.600. The van der Waals surface area contributed by atoms with Crippen LogP contribution in [0.25, 0.3) is 0 Å². The topological polar surface area (TPSA) is 163 Å². The molecule has 0 aromatic heterocycles. The molecule has 2 atom stereocenters. The summed E-state index contributed by atoms with van der Waals surface area (Å²) in [6.07, 6.45) is 0.759. The van der Waals surface area contributed by atoms with Crippen molar-refractivity contribution >= 4 is 23.8 Å². The predicted octanol–water partition coefficient (Wildman–Crippen LogP) is -0.0649. The molecule has 1 amide bonds. The van der Waals surface area contributed by atoms with Gasteiger partial charge in [-0.1, -0.05) is 13.2 Å². The first-order chi connectivity index (χ1) is 14.6. The van der Waals surface area contributed by atoms with Crippen molar-refractivity contribution in [2.45, 2.75) is 38.8 Å². The van der Waals surface area contributed by atoms with Crippen LogP contribution in [0.2, 0.25) is 0 Å². The van der Waals surface area contributed by atoms with Gasteiger partial charge in [0.05, 0.1) is 26.4 Å². The second-order valence-corrected chi connectivity index (χ2v) is 6.70. The molecular weight excluding hydrogens is 412 g/mol. The molecule has 0 saturated heterocycles. The average molecular weight is 444 g/mol. The lowest BCUT2D eigenvalue weighted by Gasteiger charge is -2.18. The Kier molecular flexibility index (Phi) is 14.6. The molecule has 0 spiro atoms. The van der Waals surface area contributed by atoms with E-state index in [4.69, 9.17) is 24.7 Å². The highest BCUT2D eigenvalue weighted by molar-refractivity contribution is 5.87. The molecule has 11 heteroatoms. The Bertz CT molecular complexity index is 649. The molecule has 0 saturated carbocycles. The molecule has 0 fully saturated rings. The quantitative estimate of drug-likeness (QED) is 0.157. The molecule has 31 heavy (non-hydrogen) atoms. The molecule has 11 nitrogen and oxygen atoms in total. The molecule has 0 rings (SSSR count). The number of hydrogen-bond acceptors (Lipinski definition) is 9. The molecule has 0 aromatic rings. The number of carboxylic acid groups (broad SMARTS) is 1. The number of ether oxygens (including phenoxy) is 4. The van der Waals surface area contributed by atoms with Crippen molar-refractivity contribution in [3.05, 3.63) is 24.3 Å². The average Bonchev–Trinajstić information content (AvgIpc) is 2.70. The zero-order valence-corrected chi connectivity index (χ0v) is 18.0. The summed E-state index contributed by atoms with van der Waals surface area (Å²) in [5, 5.41) is 11.5. The molecule has 0 aromatic carbocycles. The Balaban J connectivity index is 4.05. The van der Waals surface area contributed by atoms with Crippen LogP contribution in [0.15, 0.2) is 24.3 Å². The highest BCUT2D eigenvalue weighted by Crippen LogP contribution is 1.97. The number of nitrogens with one attached hydrogen (secondary N) is 1. The van der Waals surface area contributed by atoms with E-state index in [1.54, 1.807) is 0 Å². The summed E-state index contributed by atoms with van der Waals surface area (Å²) >= 11 is 0. The zero-order valence-electron chi connectivity index (χ0n) is 18.0. The summed E-state index contributed by atoms with van der Waals surface area (Å²) < 4.78 is 20.2. The third-order valence-corrected chi connectivity index (χ3v) is 3.56. The summed E-state index contributed by atoms with van der Waals surface area (Å²) in [7, 11) is 0. The zero-order chi connectivity index (χ0) is 23.8. The van der Waals surface area contributed by atoms with E-state index in [2.05, 4.69) is 18.5 Å². The SMILES string of the molecule is C=C(C)C(=O)OCCCOCC(NC(=O)[C@@H](N)COCCCOC(=O)C(=C)C)C(=O)O. The lowest BCUT2D eigenvalue weighted by atomic mass is 10.2. The molecule has 1 unspecified atom stereocenters. The summed E-state index contributed by atoms with van der Waals surface area (Å²) in [5.74, 6) is -3.00. The first-order valence-corrected chi connectivity index (χ1v) is 9.65. The molecule has 0 bridgehead atoms. The van der Waals surface area contributed by atoms with E-state index >= 15 is 0 Å². The Labute approximate surface area is 181 Å². The number of amides is 1. The maximum atomic E-state index is 12.0. The summed E-state index contributed by atoms with van der Waals surface area (Å²) in [6.45, 7) is 10.1. The third-order valence-electron chi connectivity index (χ3n) is 3.56. The van der Waals surface area contributed by atoms with Crippen molar-refractivity contribution in [3.8, 4) is 0 Å². The van der Waals surface area contributed by atoms with Gasteiger partial charge in [-0.25, -0.2) is 14.4 Å². The summed E-state index contributed by atoms with van der Waals surface area (Å²) in [5.41, 5.74) is 6.27. The second-order valence-electron chi connectivity index (χ2n) is 6.70. The first kappa shape index (κ1) is 28.2. The molecule has 0 aliphatic heterocycles. The van der Waals surface area contributed by atoms with Gasteiger partial charge in [0.15, 0.2) is 6.04 Å². The number of carboxylic acids is 1. The highest BCUT2D eigenvalue weighted by Gasteiger charge is 2.23. The van der Waals surface area contributed by atoms with E-state index in [0.29, 0.717) is 18.4 Å². The van der Waals surface area contributed by atoms with Gasteiger partial charge < -0.3 is 35.1 Å². The maximum Gasteiger partial charge on any atom is 0.333 e. The monoisotopic (exact) mass is 444 g/mol. The second kappa shape index (κ2) is 16.0. The van der Waals surface area contributed by atoms with E-state index in [0.717, 1.165) is 0 Å². The number of rotatable bonds is 17. The first-order valence-electron chi connectivity index (χ1n) is 9.65. The van der Waals surface area contributed by atoms with Crippen LogP contribution in [0.5, 0.6) is 0 Å². The van der Waals surface area contributed by atoms with Crippen LogP contribution in [0, 0.1) is 0 Å². The van der Waals surface area contributed by atoms with Crippen molar-refractivity contribution in [1.82, 2.24) is 5.32 Å². The van der Waals surface area contributed by atoms with Crippen LogP contribution in [-0.4, -0.2) is 80.6 Å². The van der Waals surface area contributed by atoms with Gasteiger partial charge in [0.25, 0.3) is 0 Å². The smallest absolute Gasteiger partial charge is 0.333 e. The van der Waals surface area contributed by atoms with Crippen LogP contribution < -0.4 is 11.1 Å². The summed E-state index contributed by atoms with van der Waals surface area (Å²) in [6, 6.07) is -2.38. The predicted molar refractivity (Wildman–Crippen MR) is 110 cm³/mol. The van der Waals surface area contributed by atoms with E-state index in [-0.39, 0.29) is 45.2 Å². The molecule has 176 valence electrons. The van der Waals surface area contributed by atoms with Crippen molar-refractivity contribution in [1.29, 1.82) is 0 Å². The number of carbonyl (C=O) groups is 4. The molecular formula is C20H32N2O9. The number of aliphatic carboxylic acids is 1. The minimum Gasteiger partial charge on any atom is -0.480 e. The molecule has 4 N–H and O–H groups in total. The number of carbonyl (C=O) groups excluding carboxylic acids is 3. The van der Waals surface area contributed by atoms with Gasteiger partial charge in [-0.05, 0) is 13.8 Å². The molecule has 0 radical (unpaired) electrons. The normalized spacial score (nSPS) is 12.4. The fourth-order valence-electron chi connectivity index (χ4n) is 1.84. The van der Waals surface area contributed by atoms with Gasteiger partial charge in [0, 0.05) is 37.2 Å². The van der Waals surface area contributed by atoms with Gasteiger partial charge in [-0.3, -0.25) is 4.79 Å². The molecule has 0 aliphatic rings. The lowest BCUT2D eigenvalue weighted by Crippen LogP contribution is -2.51. The van der Waals surface area contributed by atoms with Crippen LogP contribution in [0.4, 0.5) is 0 Å². The van der Waals surface area contributed by atoms with Gasteiger partial charge >= 0.3 is 17.9 Å². The van der Waals surface area contributed by atoms with E-state index in [1.165, 1.54) is 13.8 Å². The highest BCUT2D eigenvalue weighted by atomic mass is 16.5. The van der Waals surface area contributed by atoms with Crippen LogP contribution >= 0.6 is 0 Å². The van der Waals surface area contributed by atoms with Gasteiger partial charge in [-0.2, -0.15) is 0 Å². The lowest BCUT2D eigenvalue weighted by molar-refractivity contribution is -0.144. The van der Waals surface area contributed by atoms with Crippen LogP contribution in [0.3, 0.4) is 0 Å². The maximum absolute atomic E-state index is 12.0. The van der Waals surface area contributed by atoms with Crippen LogP contribution in [-0.2, 0) is 38.1 Å². The van der Waals surface area contributed by atoms with Crippen molar-refractivity contribution in [2.75, 3.05) is 39.6 Å². The Morgan fingerprint density at radius 1 is 0.871 bits per heavy atom. The van der Waals surface area contributed by atoms with Gasteiger partial charge in [0.2, 0.25) is 5.91 Å². The van der Waals surface area contributed by atoms with E-state index < -0.39 is 35.9 Å². The third kappa shape index (κ3) is 14.0. The Morgan fingerprint density at radius 3 is 1.74 bits per heavy atom. The van der Waals surface area contributed by atoms with Crippen molar-refractivity contribution in [2.24, 2.45) is 5.73 Å². The summed E-state index contributed by atoms with van der Waals surface area (Å²) in [4.78, 5) is 45.7.